The van der Waals surface area contributed by atoms with Crippen LogP contribution in [0.25, 0.3) is 0 Å². The summed E-state index contributed by atoms with van der Waals surface area (Å²) in [6, 6.07) is 0. The van der Waals surface area contributed by atoms with Crippen molar-refractivity contribution in [2.75, 3.05) is 24.9 Å². The van der Waals surface area contributed by atoms with Crippen LogP contribution in [0.2, 0.25) is 0 Å². The maximum atomic E-state index is 3.23. The molecule has 0 radical (unpaired) electrons. The van der Waals surface area contributed by atoms with Gasteiger partial charge in [-0.3, -0.25) is 4.67 Å². The van der Waals surface area contributed by atoms with E-state index in [0.29, 0.717) is 15.8 Å². The molecular weight excluding hydrogens is 371 g/mol. The molecule has 0 N–H and O–H groups in total. The first-order valence-electron chi connectivity index (χ1n) is 11.7. The molecule has 0 saturated carbocycles. The first kappa shape index (κ1) is 21.9. The van der Waals surface area contributed by atoms with Gasteiger partial charge in [0.05, 0.1) is 0 Å². The molecule has 0 aromatic rings. The summed E-state index contributed by atoms with van der Waals surface area (Å²) in [6.45, 7) is 9.91. The Labute approximate surface area is 168 Å². The second-order valence-electron chi connectivity index (χ2n) is 8.90. The van der Waals surface area contributed by atoms with E-state index >= 15 is 0 Å². The molecule has 3 aliphatic heterocycles. The molecule has 0 aliphatic carbocycles. The molecule has 2 unspecified atom stereocenters. The summed E-state index contributed by atoms with van der Waals surface area (Å²) >= 11 is 0. The van der Waals surface area contributed by atoms with E-state index in [-0.39, 0.29) is 8.07 Å². The van der Waals surface area contributed by atoms with Crippen LogP contribution in [0.4, 0.5) is 0 Å². The Hall–Kier alpha value is 1.25. The van der Waals surface area contributed by atoms with E-state index in [2.05, 4.69) is 32.4 Å². The average Bonchev–Trinajstić information content (AvgIpc) is 3.39. The SMILES string of the molecule is CC[C@@H]1CCCP1CN(CP1CCC[C@H]1CC)P1[C@H](CC)CC[C@H]1CC. The van der Waals surface area contributed by atoms with E-state index in [0.717, 1.165) is 22.6 Å². The fraction of sp³-hybridized carbons (Fsp3) is 1.00. The highest BCUT2D eigenvalue weighted by molar-refractivity contribution is 7.63. The first-order chi connectivity index (χ1) is 12.7. The van der Waals surface area contributed by atoms with E-state index in [1.165, 1.54) is 38.5 Å². The highest BCUT2D eigenvalue weighted by atomic mass is 31.1. The van der Waals surface area contributed by atoms with Crippen LogP contribution in [0.5, 0.6) is 0 Å². The molecule has 3 aliphatic rings. The van der Waals surface area contributed by atoms with Crippen molar-refractivity contribution >= 4 is 23.9 Å². The Morgan fingerprint density at radius 1 is 0.615 bits per heavy atom. The van der Waals surface area contributed by atoms with Crippen LogP contribution in [0, 0.1) is 0 Å². The van der Waals surface area contributed by atoms with Gasteiger partial charge in [-0.15, -0.1) is 0 Å². The van der Waals surface area contributed by atoms with Gasteiger partial charge in [-0.1, -0.05) is 43.5 Å². The molecular formula is C22H44NP3. The van der Waals surface area contributed by atoms with E-state index in [1.54, 1.807) is 50.6 Å². The summed E-state index contributed by atoms with van der Waals surface area (Å²) in [6.07, 6.45) is 21.3. The fourth-order valence-electron chi connectivity index (χ4n) is 5.89. The number of hydrogen-bond acceptors (Lipinski definition) is 1. The summed E-state index contributed by atoms with van der Waals surface area (Å²) < 4.78 is 3.23. The van der Waals surface area contributed by atoms with Crippen molar-refractivity contribution in [1.82, 2.24) is 4.67 Å². The number of rotatable bonds is 9. The van der Waals surface area contributed by atoms with E-state index < -0.39 is 0 Å². The lowest BCUT2D eigenvalue weighted by Gasteiger charge is -2.41. The third-order valence-corrected chi connectivity index (χ3v) is 18.1. The maximum absolute atomic E-state index is 3.23. The summed E-state index contributed by atoms with van der Waals surface area (Å²) in [4.78, 5) is 0. The molecule has 4 heteroatoms. The van der Waals surface area contributed by atoms with Crippen LogP contribution in [-0.4, -0.2) is 52.2 Å². The highest BCUT2D eigenvalue weighted by Gasteiger charge is 2.41. The van der Waals surface area contributed by atoms with Crippen molar-refractivity contribution in [3.05, 3.63) is 0 Å². The predicted octanol–water partition coefficient (Wildman–Crippen LogP) is 8.06. The van der Waals surface area contributed by atoms with Gasteiger partial charge in [0.1, 0.15) is 0 Å². The summed E-state index contributed by atoms with van der Waals surface area (Å²) in [7, 11) is 0.753. The summed E-state index contributed by atoms with van der Waals surface area (Å²) in [5.41, 5.74) is 4.32. The Morgan fingerprint density at radius 3 is 1.42 bits per heavy atom. The Morgan fingerprint density at radius 2 is 1.04 bits per heavy atom. The minimum absolute atomic E-state index is 0.150. The average molecular weight is 416 g/mol. The predicted molar refractivity (Wildman–Crippen MR) is 126 cm³/mol. The fourth-order valence-corrected chi connectivity index (χ4v) is 17.1. The topological polar surface area (TPSA) is 3.24 Å². The third-order valence-electron chi connectivity index (χ3n) is 7.48. The Kier molecular flexibility index (Phi) is 9.17. The van der Waals surface area contributed by atoms with Crippen LogP contribution in [-0.2, 0) is 0 Å². The van der Waals surface area contributed by atoms with Crippen molar-refractivity contribution in [3.63, 3.8) is 0 Å². The number of hydrogen-bond donors (Lipinski definition) is 0. The summed E-state index contributed by atoms with van der Waals surface area (Å²) in [5.74, 6) is 0. The van der Waals surface area contributed by atoms with Gasteiger partial charge >= 0.3 is 0 Å². The zero-order chi connectivity index (χ0) is 18.5. The van der Waals surface area contributed by atoms with Gasteiger partial charge < -0.3 is 0 Å². The smallest absolute Gasteiger partial charge is 0.0228 e. The zero-order valence-corrected chi connectivity index (χ0v) is 20.7. The van der Waals surface area contributed by atoms with E-state index in [1.807, 2.05) is 0 Å². The van der Waals surface area contributed by atoms with Crippen molar-refractivity contribution in [1.29, 1.82) is 0 Å². The van der Waals surface area contributed by atoms with Crippen LogP contribution in [0.1, 0.15) is 91.9 Å². The van der Waals surface area contributed by atoms with Crippen molar-refractivity contribution in [3.8, 4) is 0 Å². The van der Waals surface area contributed by atoms with Gasteiger partial charge in [0, 0.05) is 12.6 Å². The third kappa shape index (κ3) is 5.05. The minimum Gasteiger partial charge on any atom is -0.273 e. The Bertz CT molecular complexity index is 382. The van der Waals surface area contributed by atoms with Gasteiger partial charge in [-0.25, -0.2) is 0 Å². The lowest BCUT2D eigenvalue weighted by Crippen LogP contribution is -2.28. The highest BCUT2D eigenvalue weighted by Crippen LogP contribution is 2.66. The molecule has 3 heterocycles. The van der Waals surface area contributed by atoms with Crippen LogP contribution < -0.4 is 0 Å². The Balaban J connectivity index is 1.75. The van der Waals surface area contributed by atoms with Gasteiger partial charge in [-0.2, -0.15) is 0 Å². The molecule has 0 bridgehead atoms. The standard InChI is InChI=1S/C22H44NP3/c1-5-19-11-9-15-24(19)17-23(18-25-16-10-12-20(25)6-2)26-21(7-3)13-14-22(26)8-4/h19-22H,5-18H2,1-4H3/t19-,20-,21-,22-,24?,25?/m1/s1. The number of nitrogens with zero attached hydrogens (tertiary/aromatic N) is 1. The van der Waals surface area contributed by atoms with Crippen LogP contribution in [0.15, 0.2) is 0 Å². The van der Waals surface area contributed by atoms with Gasteiger partial charge in [-0.05, 0) is 107 Å². The van der Waals surface area contributed by atoms with Gasteiger partial charge in [0.25, 0.3) is 0 Å². The second-order valence-corrected chi connectivity index (χ2v) is 17.0. The molecule has 0 aromatic heterocycles. The van der Waals surface area contributed by atoms with Gasteiger partial charge in [0.2, 0.25) is 0 Å². The molecule has 0 amide bonds. The van der Waals surface area contributed by atoms with Crippen molar-refractivity contribution in [2.45, 2.75) is 115 Å². The molecule has 3 fully saturated rings. The minimum atomic E-state index is 0.150. The summed E-state index contributed by atoms with van der Waals surface area (Å²) in [5, 5.41) is 0. The largest absolute Gasteiger partial charge is 0.273 e. The normalized spacial score (nSPS) is 38.7. The quantitative estimate of drug-likeness (QED) is 0.344. The van der Waals surface area contributed by atoms with Crippen LogP contribution >= 0.6 is 23.9 Å². The van der Waals surface area contributed by atoms with E-state index in [9.17, 15) is 0 Å². The molecule has 3 saturated heterocycles. The molecule has 6 atom stereocenters. The molecule has 152 valence electrons. The molecule has 1 nitrogen and oxygen atoms in total. The monoisotopic (exact) mass is 415 g/mol. The maximum Gasteiger partial charge on any atom is 0.0228 e. The van der Waals surface area contributed by atoms with Crippen LogP contribution in [0.3, 0.4) is 0 Å². The first-order valence-corrected chi connectivity index (χ1v) is 16.7. The lowest BCUT2D eigenvalue weighted by molar-refractivity contribution is 0.591. The molecule has 3 rings (SSSR count). The molecule has 0 aromatic carbocycles. The van der Waals surface area contributed by atoms with E-state index in [4.69, 9.17) is 0 Å². The second kappa shape index (κ2) is 10.9. The molecule has 26 heavy (non-hydrogen) atoms. The van der Waals surface area contributed by atoms with Crippen molar-refractivity contribution in [2.24, 2.45) is 0 Å². The lowest BCUT2D eigenvalue weighted by atomic mass is 10.1. The van der Waals surface area contributed by atoms with Gasteiger partial charge in [0.15, 0.2) is 0 Å². The van der Waals surface area contributed by atoms with Crippen molar-refractivity contribution < 1.29 is 0 Å². The zero-order valence-electron chi connectivity index (χ0n) is 18.0. The molecule has 0 spiro atoms.